The summed E-state index contributed by atoms with van der Waals surface area (Å²) in [7, 11) is 1.61. The summed E-state index contributed by atoms with van der Waals surface area (Å²) < 4.78 is 22.6. The van der Waals surface area contributed by atoms with Crippen LogP contribution in [0.15, 0.2) is 53.2 Å². The van der Waals surface area contributed by atoms with Gasteiger partial charge in [0.05, 0.1) is 12.7 Å². The zero-order chi connectivity index (χ0) is 17.6. The third kappa shape index (κ3) is 2.69. The van der Waals surface area contributed by atoms with Crippen molar-refractivity contribution in [1.82, 2.24) is 4.98 Å². The minimum Gasteiger partial charge on any atom is -0.612 e. The molecule has 1 aliphatic rings. The van der Waals surface area contributed by atoms with Gasteiger partial charge in [-0.25, -0.2) is 0 Å². The lowest BCUT2D eigenvalue weighted by atomic mass is 10.1. The summed E-state index contributed by atoms with van der Waals surface area (Å²) in [4.78, 5) is 16.4. The number of methoxy groups -OCH3 is 1. The van der Waals surface area contributed by atoms with Gasteiger partial charge in [0.2, 0.25) is 5.78 Å². The van der Waals surface area contributed by atoms with E-state index in [1.54, 1.807) is 37.6 Å². The van der Waals surface area contributed by atoms with E-state index in [0.717, 1.165) is 22.2 Å². The molecule has 0 spiro atoms. The Labute approximate surface area is 147 Å². The molecule has 0 saturated carbocycles. The Balaban J connectivity index is 1.74. The standard InChI is InChI=1S/C19H15NO4S/c1-23-12-3-6-16-15(8-12)11(10-20-16)7-18-19(21)14-5-4-13(25(2)22)9-17(14)24-18/h3-10,20H,1-2H3/b18-7+. The first-order valence-electron chi connectivity index (χ1n) is 7.63. The Morgan fingerprint density at radius 1 is 1.24 bits per heavy atom. The van der Waals surface area contributed by atoms with Crippen LogP contribution in [0.3, 0.4) is 0 Å². The molecule has 5 nitrogen and oxygen atoms in total. The van der Waals surface area contributed by atoms with Gasteiger partial charge in [-0.3, -0.25) is 4.79 Å². The molecule has 0 aliphatic carbocycles. The van der Waals surface area contributed by atoms with Crippen molar-refractivity contribution in [3.05, 3.63) is 59.5 Å². The number of carbonyl (C=O) groups is 1. The number of H-pyrrole nitrogens is 1. The van der Waals surface area contributed by atoms with E-state index in [4.69, 9.17) is 9.47 Å². The van der Waals surface area contributed by atoms with Gasteiger partial charge in [-0.1, -0.05) is 0 Å². The number of ketones is 1. The largest absolute Gasteiger partial charge is 0.612 e. The molecule has 25 heavy (non-hydrogen) atoms. The highest BCUT2D eigenvalue weighted by atomic mass is 32.2. The molecule has 1 aliphatic heterocycles. The molecule has 1 aromatic heterocycles. The van der Waals surface area contributed by atoms with Gasteiger partial charge in [0.15, 0.2) is 10.7 Å². The molecule has 1 unspecified atom stereocenters. The van der Waals surface area contributed by atoms with Crippen molar-refractivity contribution < 1.29 is 18.8 Å². The Hall–Kier alpha value is -2.70. The summed E-state index contributed by atoms with van der Waals surface area (Å²) in [5, 5.41) is 0.939. The first-order valence-corrected chi connectivity index (χ1v) is 9.19. The summed E-state index contributed by atoms with van der Waals surface area (Å²) in [5.41, 5.74) is 2.27. The van der Waals surface area contributed by atoms with Crippen LogP contribution in [-0.4, -0.2) is 28.7 Å². The van der Waals surface area contributed by atoms with Gasteiger partial charge >= 0.3 is 0 Å². The Morgan fingerprint density at radius 2 is 2.08 bits per heavy atom. The normalized spacial score (nSPS) is 16.1. The average Bonchev–Trinajstić information content (AvgIpc) is 3.16. The predicted octanol–water partition coefficient (Wildman–Crippen LogP) is 3.53. The van der Waals surface area contributed by atoms with Crippen molar-refractivity contribution in [1.29, 1.82) is 0 Å². The van der Waals surface area contributed by atoms with Crippen LogP contribution >= 0.6 is 0 Å². The Morgan fingerprint density at radius 3 is 2.84 bits per heavy atom. The number of Topliss-reactive ketones (excluding diaryl/α,β-unsaturated/α-hetero) is 1. The number of benzene rings is 2. The SMILES string of the molecule is COc1ccc2[nH]cc(/C=C3/Oc4cc([S+](C)[O-])ccc4C3=O)c2c1. The molecule has 0 bridgehead atoms. The van der Waals surface area contributed by atoms with E-state index in [0.29, 0.717) is 16.2 Å². The zero-order valence-electron chi connectivity index (χ0n) is 13.7. The summed E-state index contributed by atoms with van der Waals surface area (Å²) in [6.45, 7) is 0. The first-order chi connectivity index (χ1) is 12.1. The summed E-state index contributed by atoms with van der Waals surface area (Å²) in [6.07, 6.45) is 5.13. The lowest BCUT2D eigenvalue weighted by Crippen LogP contribution is -1.98. The molecular weight excluding hydrogens is 338 g/mol. The second-order valence-electron chi connectivity index (χ2n) is 5.71. The molecule has 2 aromatic carbocycles. The summed E-state index contributed by atoms with van der Waals surface area (Å²) in [6, 6.07) is 10.7. The van der Waals surface area contributed by atoms with Gasteiger partial charge in [0, 0.05) is 28.7 Å². The fourth-order valence-electron chi connectivity index (χ4n) is 2.85. The highest BCUT2D eigenvalue weighted by Gasteiger charge is 2.29. The maximum Gasteiger partial charge on any atom is 0.231 e. The number of fused-ring (bicyclic) bond motifs is 2. The number of ether oxygens (including phenoxy) is 2. The van der Waals surface area contributed by atoms with Crippen LogP contribution in [0.5, 0.6) is 11.5 Å². The molecule has 6 heteroatoms. The third-order valence-electron chi connectivity index (χ3n) is 4.18. The molecule has 1 N–H and O–H groups in total. The molecule has 0 radical (unpaired) electrons. The number of carbonyl (C=O) groups excluding carboxylic acids is 1. The lowest BCUT2D eigenvalue weighted by molar-refractivity contribution is 0.101. The molecule has 0 saturated heterocycles. The maximum atomic E-state index is 12.6. The minimum atomic E-state index is -1.13. The van der Waals surface area contributed by atoms with Crippen LogP contribution in [0, 0.1) is 0 Å². The topological polar surface area (TPSA) is 74.4 Å². The number of rotatable bonds is 3. The van der Waals surface area contributed by atoms with Crippen molar-refractivity contribution in [2.75, 3.05) is 13.4 Å². The second-order valence-corrected chi connectivity index (χ2v) is 7.09. The van der Waals surface area contributed by atoms with Gasteiger partial charge in [0.1, 0.15) is 17.8 Å². The van der Waals surface area contributed by atoms with Crippen LogP contribution in [0.4, 0.5) is 0 Å². The van der Waals surface area contributed by atoms with Crippen LogP contribution < -0.4 is 9.47 Å². The van der Waals surface area contributed by atoms with Crippen LogP contribution in [0.1, 0.15) is 15.9 Å². The van der Waals surface area contributed by atoms with E-state index in [9.17, 15) is 9.35 Å². The van der Waals surface area contributed by atoms with E-state index in [2.05, 4.69) is 4.98 Å². The van der Waals surface area contributed by atoms with Crippen molar-refractivity contribution in [2.45, 2.75) is 4.90 Å². The number of aromatic amines is 1. The Kier molecular flexibility index (Phi) is 3.78. The van der Waals surface area contributed by atoms with E-state index < -0.39 is 11.2 Å². The number of allylic oxidation sites excluding steroid dienone is 1. The van der Waals surface area contributed by atoms with E-state index in [-0.39, 0.29) is 11.5 Å². The van der Waals surface area contributed by atoms with Crippen LogP contribution in [-0.2, 0) is 11.2 Å². The molecule has 126 valence electrons. The number of hydrogen-bond donors (Lipinski definition) is 1. The molecule has 2 heterocycles. The van der Waals surface area contributed by atoms with Crippen molar-refractivity contribution in [2.24, 2.45) is 0 Å². The first kappa shape index (κ1) is 15.8. The molecule has 0 amide bonds. The monoisotopic (exact) mass is 353 g/mol. The lowest BCUT2D eigenvalue weighted by Gasteiger charge is -2.04. The quantitative estimate of drug-likeness (QED) is 0.577. The molecular formula is C19H15NO4S. The minimum absolute atomic E-state index is 0.180. The van der Waals surface area contributed by atoms with Crippen LogP contribution in [0.25, 0.3) is 17.0 Å². The van der Waals surface area contributed by atoms with E-state index >= 15 is 0 Å². The van der Waals surface area contributed by atoms with Gasteiger partial charge in [-0.05, 0) is 47.6 Å². The maximum absolute atomic E-state index is 12.6. The highest BCUT2D eigenvalue weighted by molar-refractivity contribution is 7.90. The summed E-state index contributed by atoms with van der Waals surface area (Å²) >= 11 is -1.13. The molecule has 3 aromatic rings. The average molecular weight is 353 g/mol. The highest BCUT2D eigenvalue weighted by Crippen LogP contribution is 2.35. The molecule has 1 atom stereocenters. The van der Waals surface area contributed by atoms with Gasteiger partial charge < -0.3 is 19.0 Å². The Bertz CT molecular complexity index is 1020. The number of hydrogen-bond acceptors (Lipinski definition) is 4. The predicted molar refractivity (Wildman–Crippen MR) is 96.6 cm³/mol. The molecule has 4 rings (SSSR count). The van der Waals surface area contributed by atoms with Gasteiger partial charge in [-0.2, -0.15) is 0 Å². The van der Waals surface area contributed by atoms with Gasteiger partial charge in [0.25, 0.3) is 0 Å². The van der Waals surface area contributed by atoms with Crippen molar-refractivity contribution >= 4 is 33.9 Å². The number of aromatic nitrogens is 1. The fourth-order valence-corrected chi connectivity index (χ4v) is 3.39. The smallest absolute Gasteiger partial charge is 0.231 e. The fraction of sp³-hybridized carbons (Fsp3) is 0.105. The molecule has 0 fully saturated rings. The van der Waals surface area contributed by atoms with E-state index in [1.807, 2.05) is 24.4 Å². The zero-order valence-corrected chi connectivity index (χ0v) is 14.5. The van der Waals surface area contributed by atoms with Crippen LogP contribution in [0.2, 0.25) is 0 Å². The van der Waals surface area contributed by atoms with Gasteiger partial charge in [-0.15, -0.1) is 0 Å². The van der Waals surface area contributed by atoms with E-state index in [1.165, 1.54) is 0 Å². The third-order valence-corrected chi connectivity index (χ3v) is 5.10. The van der Waals surface area contributed by atoms with Crippen molar-refractivity contribution in [3.8, 4) is 11.5 Å². The summed E-state index contributed by atoms with van der Waals surface area (Å²) in [5.74, 6) is 1.25. The second kappa shape index (κ2) is 5.98. The number of nitrogens with one attached hydrogen (secondary N) is 1. The van der Waals surface area contributed by atoms with Crippen molar-refractivity contribution in [3.63, 3.8) is 0 Å².